The normalized spacial score (nSPS) is 10.9. The molecule has 0 saturated carbocycles. The van der Waals surface area contributed by atoms with E-state index < -0.39 is 22.5 Å². The second-order valence-electron chi connectivity index (χ2n) is 8.37. The quantitative estimate of drug-likeness (QED) is 0.148. The van der Waals surface area contributed by atoms with Crippen LogP contribution in [0.2, 0.25) is 5.02 Å². The van der Waals surface area contributed by atoms with Crippen molar-refractivity contribution in [2.24, 2.45) is 0 Å². The van der Waals surface area contributed by atoms with Gasteiger partial charge in [-0.1, -0.05) is 80.0 Å². The minimum atomic E-state index is -0.925. The Morgan fingerprint density at radius 1 is 0.735 bits per heavy atom. The van der Waals surface area contributed by atoms with Crippen LogP contribution >= 0.6 is 11.6 Å². The van der Waals surface area contributed by atoms with Crippen molar-refractivity contribution in [1.29, 1.82) is 0 Å². The third kappa shape index (κ3) is 5.46. The minimum absolute atomic E-state index is 0.0940. The lowest BCUT2D eigenvalue weighted by Gasteiger charge is -2.09. The van der Waals surface area contributed by atoms with Gasteiger partial charge in [-0.05, 0) is 65.8 Å². The van der Waals surface area contributed by atoms with Gasteiger partial charge >= 0.3 is 0 Å². The molecule has 0 aromatic heterocycles. The molecular formula is C30H24ClF3. The molecule has 0 atom stereocenters. The molecule has 0 aliphatic carbocycles. The first kappa shape index (κ1) is 23.9. The third-order valence-electron chi connectivity index (χ3n) is 5.87. The molecule has 0 heterocycles. The van der Waals surface area contributed by atoms with Gasteiger partial charge in [0, 0.05) is 22.1 Å². The highest BCUT2D eigenvalue weighted by Gasteiger charge is 2.14. The van der Waals surface area contributed by atoms with Crippen LogP contribution in [0, 0.1) is 29.3 Å². The van der Waals surface area contributed by atoms with E-state index in [-0.39, 0.29) is 11.1 Å². The van der Waals surface area contributed by atoms with Gasteiger partial charge < -0.3 is 0 Å². The van der Waals surface area contributed by atoms with Crippen molar-refractivity contribution < 1.29 is 13.2 Å². The molecule has 0 aliphatic rings. The maximum absolute atomic E-state index is 15.2. The molecule has 34 heavy (non-hydrogen) atoms. The number of unbranched alkanes of at least 4 members (excludes halogenated alkanes) is 3. The van der Waals surface area contributed by atoms with Crippen molar-refractivity contribution in [3.63, 3.8) is 0 Å². The van der Waals surface area contributed by atoms with Crippen molar-refractivity contribution in [1.82, 2.24) is 0 Å². The van der Waals surface area contributed by atoms with Crippen LogP contribution in [0.4, 0.5) is 13.2 Å². The molecule has 0 spiro atoms. The van der Waals surface area contributed by atoms with E-state index >= 15 is 4.39 Å². The van der Waals surface area contributed by atoms with Gasteiger partial charge in [0.25, 0.3) is 0 Å². The topological polar surface area (TPSA) is 0 Å². The summed E-state index contributed by atoms with van der Waals surface area (Å²) in [5.74, 6) is 3.89. The van der Waals surface area contributed by atoms with Crippen molar-refractivity contribution >= 4 is 22.4 Å². The van der Waals surface area contributed by atoms with Crippen LogP contribution in [0.15, 0.2) is 66.7 Å². The summed E-state index contributed by atoms with van der Waals surface area (Å²) in [5, 5.41) is 0.409. The van der Waals surface area contributed by atoms with Gasteiger partial charge in [0.15, 0.2) is 0 Å². The lowest BCUT2D eigenvalue weighted by atomic mass is 9.98. The van der Waals surface area contributed by atoms with E-state index in [1.807, 2.05) is 12.1 Å². The van der Waals surface area contributed by atoms with E-state index in [4.69, 9.17) is 11.6 Å². The molecule has 4 heteroatoms. The lowest BCUT2D eigenvalue weighted by Crippen LogP contribution is -1.91. The highest BCUT2D eigenvalue weighted by atomic mass is 35.5. The van der Waals surface area contributed by atoms with Gasteiger partial charge in [0.2, 0.25) is 0 Å². The fraction of sp³-hybridized carbons (Fsp3) is 0.200. The largest absolute Gasteiger partial charge is 0.206 e. The summed E-state index contributed by atoms with van der Waals surface area (Å²) in [6, 6.07) is 18.8. The molecule has 0 amide bonds. The first-order valence-electron chi connectivity index (χ1n) is 11.4. The highest BCUT2D eigenvalue weighted by molar-refractivity contribution is 6.31. The number of fused-ring (bicyclic) bond motifs is 1. The highest BCUT2D eigenvalue weighted by Crippen LogP contribution is 2.32. The summed E-state index contributed by atoms with van der Waals surface area (Å²) in [6.07, 6.45) is 6.06. The Labute approximate surface area is 203 Å². The van der Waals surface area contributed by atoms with E-state index in [1.165, 1.54) is 37.3 Å². The van der Waals surface area contributed by atoms with Crippen LogP contribution in [-0.4, -0.2) is 0 Å². The van der Waals surface area contributed by atoms with Crippen LogP contribution in [0.25, 0.3) is 21.9 Å². The minimum Gasteiger partial charge on any atom is -0.206 e. The summed E-state index contributed by atoms with van der Waals surface area (Å²) < 4.78 is 42.8. The van der Waals surface area contributed by atoms with Gasteiger partial charge in [-0.15, -0.1) is 0 Å². The van der Waals surface area contributed by atoms with Gasteiger partial charge in [-0.2, -0.15) is 0 Å². The monoisotopic (exact) mass is 476 g/mol. The number of rotatable bonds is 6. The molecule has 0 N–H and O–H groups in total. The van der Waals surface area contributed by atoms with Crippen molar-refractivity contribution in [3.05, 3.63) is 106 Å². The Morgan fingerprint density at radius 3 is 2.12 bits per heavy atom. The van der Waals surface area contributed by atoms with Crippen LogP contribution < -0.4 is 0 Å². The molecule has 4 rings (SSSR count). The molecule has 0 radical (unpaired) electrons. The zero-order valence-corrected chi connectivity index (χ0v) is 19.7. The first-order chi connectivity index (χ1) is 16.5. The molecule has 0 saturated heterocycles. The molecular weight excluding hydrogens is 453 g/mol. The fourth-order valence-corrected chi connectivity index (χ4v) is 4.07. The second kappa shape index (κ2) is 10.8. The lowest BCUT2D eigenvalue weighted by molar-refractivity contribution is 0.584. The summed E-state index contributed by atoms with van der Waals surface area (Å²) in [6.45, 7) is 2.21. The molecule has 0 unspecified atom stereocenters. The van der Waals surface area contributed by atoms with Crippen molar-refractivity contribution in [2.75, 3.05) is 0 Å². The molecule has 0 bridgehead atoms. The van der Waals surface area contributed by atoms with Gasteiger partial charge in [0.1, 0.15) is 22.5 Å². The Kier molecular flexibility index (Phi) is 7.60. The smallest absolute Gasteiger partial charge is 0.145 e. The summed E-state index contributed by atoms with van der Waals surface area (Å²) in [7, 11) is 0. The van der Waals surface area contributed by atoms with E-state index in [9.17, 15) is 8.78 Å². The second-order valence-corrected chi connectivity index (χ2v) is 8.75. The van der Waals surface area contributed by atoms with Crippen LogP contribution in [0.1, 0.15) is 49.3 Å². The van der Waals surface area contributed by atoms with E-state index in [0.717, 1.165) is 29.7 Å². The number of benzene rings is 4. The van der Waals surface area contributed by atoms with E-state index in [1.54, 1.807) is 24.3 Å². The van der Waals surface area contributed by atoms with Gasteiger partial charge in [-0.3, -0.25) is 0 Å². The Hall–Kier alpha value is -3.22. The third-order valence-corrected chi connectivity index (χ3v) is 6.23. The number of hydrogen-bond acceptors (Lipinski definition) is 0. The molecule has 172 valence electrons. The maximum atomic E-state index is 15.2. The number of aryl methyl sites for hydroxylation is 1. The van der Waals surface area contributed by atoms with E-state index in [2.05, 4.69) is 30.9 Å². The SMILES string of the molecule is CCCCCCc1ccc(C#Cc2ccc3c(F)c(-c4cc(F)c(Cl)c(F)c4)ccc3c2)cc1. The molecule has 4 aromatic carbocycles. The van der Waals surface area contributed by atoms with Gasteiger partial charge in [0.05, 0.1) is 0 Å². The zero-order valence-electron chi connectivity index (χ0n) is 18.9. The van der Waals surface area contributed by atoms with Crippen molar-refractivity contribution in [2.45, 2.75) is 39.0 Å². The molecule has 0 nitrogen and oxygen atoms in total. The molecule has 0 fully saturated rings. The zero-order chi connectivity index (χ0) is 24.1. The Balaban J connectivity index is 1.54. The average Bonchev–Trinajstić information content (AvgIpc) is 2.84. The van der Waals surface area contributed by atoms with Gasteiger partial charge in [-0.25, -0.2) is 13.2 Å². The van der Waals surface area contributed by atoms with Crippen LogP contribution in [-0.2, 0) is 6.42 Å². The predicted molar refractivity (Wildman–Crippen MR) is 135 cm³/mol. The standard InChI is InChI=1S/C30H24ClF3/c1-2-3-4-5-6-20-7-9-21(10-8-20)11-12-22-13-15-25-23(17-22)14-16-26(30(25)34)24-18-27(32)29(31)28(33)19-24/h7-10,13-19H,2-6H2,1H3. The van der Waals surface area contributed by atoms with Crippen LogP contribution in [0.3, 0.4) is 0 Å². The summed E-state index contributed by atoms with van der Waals surface area (Å²) in [5.41, 5.74) is 3.20. The molecule has 0 aliphatic heterocycles. The first-order valence-corrected chi connectivity index (χ1v) is 11.8. The van der Waals surface area contributed by atoms with Crippen molar-refractivity contribution in [3.8, 4) is 23.0 Å². The number of hydrogen-bond donors (Lipinski definition) is 0. The fourth-order valence-electron chi connectivity index (χ4n) is 3.96. The Morgan fingerprint density at radius 2 is 1.41 bits per heavy atom. The summed E-state index contributed by atoms with van der Waals surface area (Å²) >= 11 is 5.54. The molecule has 4 aromatic rings. The van der Waals surface area contributed by atoms with E-state index in [0.29, 0.717) is 10.8 Å². The predicted octanol–water partition coefficient (Wildman–Crippen LogP) is 9.10. The average molecular weight is 477 g/mol. The summed E-state index contributed by atoms with van der Waals surface area (Å²) in [4.78, 5) is 0. The Bertz CT molecular complexity index is 1360. The van der Waals surface area contributed by atoms with Crippen LogP contribution in [0.5, 0.6) is 0 Å². The number of halogens is 4. The maximum Gasteiger partial charge on any atom is 0.145 e.